The van der Waals surface area contributed by atoms with Crippen molar-refractivity contribution in [1.29, 1.82) is 0 Å². The van der Waals surface area contributed by atoms with Crippen molar-refractivity contribution in [2.24, 2.45) is 16.8 Å². The molecule has 3 rings (SSSR count). The molecule has 0 saturated carbocycles. The number of rotatable bonds is 14. The fourth-order valence-electron chi connectivity index (χ4n) is 4.69. The zero-order chi connectivity index (χ0) is 25.8. The lowest BCUT2D eigenvalue weighted by Crippen LogP contribution is -2.36. The van der Waals surface area contributed by atoms with Crippen molar-refractivity contribution >= 4 is 11.9 Å². The van der Waals surface area contributed by atoms with E-state index < -0.39 is 5.82 Å². The van der Waals surface area contributed by atoms with Crippen LogP contribution in [0.1, 0.15) is 58.4 Å². The lowest BCUT2D eigenvalue weighted by Gasteiger charge is -2.30. The minimum atomic E-state index is -0.393. The number of hydrogen-bond donors (Lipinski definition) is 2. The predicted octanol–water partition coefficient (Wildman–Crippen LogP) is 6.69. The van der Waals surface area contributed by atoms with Gasteiger partial charge in [0.2, 0.25) is 0 Å². The fourth-order valence-corrected chi connectivity index (χ4v) is 4.69. The number of halogens is 1. The Labute approximate surface area is 216 Å². The first-order valence-electron chi connectivity index (χ1n) is 13.0. The van der Waals surface area contributed by atoms with Crippen molar-refractivity contribution in [3.05, 3.63) is 96.5 Å². The van der Waals surface area contributed by atoms with E-state index in [1.165, 1.54) is 42.8 Å². The van der Waals surface area contributed by atoms with Gasteiger partial charge in [0.15, 0.2) is 0 Å². The highest BCUT2D eigenvalue weighted by atomic mass is 19.1. The largest absolute Gasteiger partial charge is 0.384 e. The highest BCUT2D eigenvalue weighted by molar-refractivity contribution is 5.79. The molecule has 2 N–H and O–H groups in total. The van der Waals surface area contributed by atoms with Crippen LogP contribution in [0, 0.1) is 17.7 Å². The quantitative estimate of drug-likeness (QED) is 0.174. The lowest BCUT2D eigenvalue weighted by atomic mass is 9.90. The van der Waals surface area contributed by atoms with Gasteiger partial charge in [-0.25, -0.2) is 9.82 Å². The molecule has 1 aromatic rings. The van der Waals surface area contributed by atoms with Crippen LogP contribution in [0.5, 0.6) is 0 Å². The topological polar surface area (TPSA) is 52.5 Å². The van der Waals surface area contributed by atoms with Crippen LogP contribution in [-0.2, 0) is 0 Å². The summed E-state index contributed by atoms with van der Waals surface area (Å²) in [7, 11) is 0. The molecule has 1 aliphatic carbocycles. The van der Waals surface area contributed by atoms with E-state index in [0.717, 1.165) is 19.4 Å². The molecule has 2 heterocycles. The summed E-state index contributed by atoms with van der Waals surface area (Å²) in [4.78, 5) is 8.58. The summed E-state index contributed by atoms with van der Waals surface area (Å²) in [5.74, 6) is 0.362. The molecule has 0 fully saturated rings. The Kier molecular flexibility index (Phi) is 10.9. The maximum Gasteiger partial charge on any atom is 0.142 e. The summed E-state index contributed by atoms with van der Waals surface area (Å²) in [5.41, 5.74) is 7.39. The van der Waals surface area contributed by atoms with Gasteiger partial charge in [-0.05, 0) is 43.5 Å². The second-order valence-corrected chi connectivity index (χ2v) is 9.27. The van der Waals surface area contributed by atoms with Gasteiger partial charge in [-0.2, -0.15) is 0 Å². The maximum atomic E-state index is 14.0. The van der Waals surface area contributed by atoms with Crippen molar-refractivity contribution in [1.82, 2.24) is 20.7 Å². The average Bonchev–Trinajstić information content (AvgIpc) is 3.30. The van der Waals surface area contributed by atoms with Gasteiger partial charge in [-0.1, -0.05) is 76.1 Å². The van der Waals surface area contributed by atoms with Gasteiger partial charge in [-0.15, -0.1) is 0 Å². The third-order valence-electron chi connectivity index (χ3n) is 6.61. The van der Waals surface area contributed by atoms with E-state index in [2.05, 4.69) is 89.7 Å². The van der Waals surface area contributed by atoms with E-state index in [4.69, 9.17) is 0 Å². The van der Waals surface area contributed by atoms with Crippen LogP contribution in [-0.4, -0.2) is 28.8 Å². The third kappa shape index (κ3) is 7.62. The first-order valence-corrected chi connectivity index (χ1v) is 13.0. The predicted molar refractivity (Wildman–Crippen MR) is 149 cm³/mol. The van der Waals surface area contributed by atoms with Crippen molar-refractivity contribution < 1.29 is 4.39 Å². The van der Waals surface area contributed by atoms with Gasteiger partial charge in [0.1, 0.15) is 5.82 Å². The zero-order valence-corrected chi connectivity index (χ0v) is 21.8. The minimum Gasteiger partial charge on any atom is -0.384 e. The Hall–Kier alpha value is -3.25. The van der Waals surface area contributed by atoms with Gasteiger partial charge in [0.05, 0.1) is 17.9 Å². The average molecular weight is 490 g/mol. The SMILES string of the molecule is C=CC=N/C(=C\N(NCCC1=CNC2C=CC=CC12)/C(=C\C)C(C)CCCCC)c1cncc(F)c1. The maximum absolute atomic E-state index is 14.0. The van der Waals surface area contributed by atoms with Crippen molar-refractivity contribution in [2.75, 3.05) is 6.54 Å². The van der Waals surface area contributed by atoms with Crippen LogP contribution in [0.4, 0.5) is 4.39 Å². The molecular weight excluding hydrogens is 449 g/mol. The molecule has 0 radical (unpaired) electrons. The number of pyridine rings is 1. The van der Waals surface area contributed by atoms with Gasteiger partial charge < -0.3 is 5.32 Å². The summed E-state index contributed by atoms with van der Waals surface area (Å²) in [6.45, 7) is 11.0. The second-order valence-electron chi connectivity index (χ2n) is 9.27. The van der Waals surface area contributed by atoms with Crippen LogP contribution in [0.15, 0.2) is 90.2 Å². The molecule has 3 unspecified atom stereocenters. The van der Waals surface area contributed by atoms with Gasteiger partial charge in [-0.3, -0.25) is 15.0 Å². The highest BCUT2D eigenvalue weighted by Gasteiger charge is 2.26. The van der Waals surface area contributed by atoms with Crippen molar-refractivity contribution in [3.8, 4) is 0 Å². The van der Waals surface area contributed by atoms with Crippen molar-refractivity contribution in [3.63, 3.8) is 0 Å². The molecule has 36 heavy (non-hydrogen) atoms. The molecule has 1 aliphatic heterocycles. The molecule has 0 spiro atoms. The number of nitrogens with one attached hydrogen (secondary N) is 2. The fraction of sp³-hybridized carbons (Fsp3) is 0.400. The number of allylic oxidation sites excluding steroid dienone is 5. The van der Waals surface area contributed by atoms with Gasteiger partial charge in [0.25, 0.3) is 0 Å². The molecule has 3 atom stereocenters. The molecule has 0 aromatic carbocycles. The first kappa shape index (κ1) is 27.3. The zero-order valence-electron chi connectivity index (χ0n) is 21.8. The summed E-state index contributed by atoms with van der Waals surface area (Å²) in [6, 6.07) is 1.81. The molecular formula is C30H40FN5. The van der Waals surface area contributed by atoms with E-state index in [9.17, 15) is 4.39 Å². The second kappa shape index (κ2) is 14.3. The van der Waals surface area contributed by atoms with Gasteiger partial charge >= 0.3 is 0 Å². The van der Waals surface area contributed by atoms with Gasteiger partial charge in [0, 0.05) is 42.3 Å². The molecule has 0 saturated heterocycles. The Morgan fingerprint density at radius 1 is 1.31 bits per heavy atom. The Morgan fingerprint density at radius 3 is 2.89 bits per heavy atom. The van der Waals surface area contributed by atoms with Crippen LogP contribution in [0.2, 0.25) is 0 Å². The van der Waals surface area contributed by atoms with E-state index in [-0.39, 0.29) is 0 Å². The number of nitrogens with zero attached hydrogens (tertiary/aromatic N) is 3. The van der Waals surface area contributed by atoms with E-state index in [1.807, 2.05) is 6.20 Å². The number of aliphatic imine (C=N–C) groups is 1. The standard InChI is InChI=1S/C30H40FN5/c1-5-8-9-12-23(4)30(7-3)36(22-29(33-16-6-2)25-18-26(31)21-32-19-25)35-17-15-24-20-34-28-14-11-10-13-27(24)28/h6-7,10-11,13-14,16,18-23,27-28,34-35H,2,5,8-9,12,15,17H2,1,3-4H3/b29-22-,30-7-,33-16?. The Morgan fingerprint density at radius 2 is 2.14 bits per heavy atom. The summed E-state index contributed by atoms with van der Waals surface area (Å²) < 4.78 is 14.0. The molecule has 192 valence electrons. The van der Waals surface area contributed by atoms with E-state index in [1.54, 1.807) is 18.5 Å². The highest BCUT2D eigenvalue weighted by Crippen LogP contribution is 2.29. The number of fused-ring (bicyclic) bond motifs is 1. The summed E-state index contributed by atoms with van der Waals surface area (Å²) in [6.07, 6.45) is 26.6. The molecule has 0 amide bonds. The monoisotopic (exact) mass is 489 g/mol. The molecule has 5 nitrogen and oxygen atoms in total. The molecule has 6 heteroatoms. The molecule has 2 aliphatic rings. The normalized spacial score (nSPS) is 20.3. The minimum absolute atomic E-state index is 0.351. The third-order valence-corrected chi connectivity index (χ3v) is 6.61. The number of hydrazine groups is 1. The Bertz CT molecular complexity index is 1050. The number of hydrogen-bond acceptors (Lipinski definition) is 5. The Balaban J connectivity index is 1.83. The van der Waals surface area contributed by atoms with Crippen LogP contribution >= 0.6 is 0 Å². The molecule has 1 aromatic heterocycles. The summed E-state index contributed by atoms with van der Waals surface area (Å²) >= 11 is 0. The number of aromatic nitrogens is 1. The van der Waals surface area contributed by atoms with Crippen molar-refractivity contribution in [2.45, 2.75) is 58.9 Å². The number of unbranched alkanes of at least 4 members (excludes halogenated alkanes) is 2. The smallest absolute Gasteiger partial charge is 0.142 e. The molecule has 0 bridgehead atoms. The first-order chi connectivity index (χ1) is 17.6. The summed E-state index contributed by atoms with van der Waals surface area (Å²) in [5, 5.41) is 5.54. The van der Waals surface area contributed by atoms with Crippen LogP contribution in [0.25, 0.3) is 5.70 Å². The van der Waals surface area contributed by atoms with E-state index in [0.29, 0.717) is 29.1 Å². The van der Waals surface area contributed by atoms with Crippen LogP contribution in [0.3, 0.4) is 0 Å². The van der Waals surface area contributed by atoms with E-state index >= 15 is 0 Å². The lowest BCUT2D eigenvalue weighted by molar-refractivity contribution is 0.295. The van der Waals surface area contributed by atoms with Crippen LogP contribution < -0.4 is 10.7 Å².